The summed E-state index contributed by atoms with van der Waals surface area (Å²) in [5, 5.41) is 0. The first-order valence-corrected chi connectivity index (χ1v) is 7.43. The van der Waals surface area contributed by atoms with Gasteiger partial charge in [0.2, 0.25) is 0 Å². The molecular weight excluding hydrogens is 236 g/mol. The zero-order chi connectivity index (χ0) is 13.8. The van der Waals surface area contributed by atoms with E-state index < -0.39 is 0 Å². The molecule has 3 nitrogen and oxygen atoms in total. The molecule has 3 heteroatoms. The Kier molecular flexibility index (Phi) is 4.56. The summed E-state index contributed by atoms with van der Waals surface area (Å²) in [5.41, 5.74) is 8.06. The second-order valence-electron chi connectivity index (χ2n) is 5.75. The van der Waals surface area contributed by atoms with E-state index >= 15 is 0 Å². The smallest absolute Gasteiger partial charge is 0.145 e. The summed E-state index contributed by atoms with van der Waals surface area (Å²) in [7, 11) is 0. The van der Waals surface area contributed by atoms with E-state index in [1.165, 1.54) is 19.3 Å². The minimum Gasteiger partial charge on any atom is -0.486 e. The zero-order valence-corrected chi connectivity index (χ0v) is 12.4. The first kappa shape index (κ1) is 14.0. The van der Waals surface area contributed by atoms with E-state index in [-0.39, 0.29) is 6.10 Å². The Bertz CT molecular complexity index is 417. The van der Waals surface area contributed by atoms with E-state index in [1.807, 2.05) is 18.2 Å². The van der Waals surface area contributed by atoms with Crippen LogP contribution in [-0.2, 0) is 0 Å². The van der Waals surface area contributed by atoms with Crippen molar-refractivity contribution in [3.63, 3.8) is 0 Å². The van der Waals surface area contributed by atoms with Crippen LogP contribution in [-0.4, -0.2) is 19.2 Å². The van der Waals surface area contributed by atoms with Crippen LogP contribution >= 0.6 is 0 Å². The lowest BCUT2D eigenvalue weighted by Crippen LogP contribution is -2.43. The normalized spacial score (nSPS) is 18.3. The highest BCUT2D eigenvalue weighted by molar-refractivity contribution is 5.75. The van der Waals surface area contributed by atoms with Crippen LogP contribution < -0.4 is 15.4 Å². The molecule has 2 N–H and O–H groups in total. The van der Waals surface area contributed by atoms with Crippen molar-refractivity contribution in [1.82, 2.24) is 0 Å². The van der Waals surface area contributed by atoms with Crippen molar-refractivity contribution in [3.8, 4) is 5.75 Å². The lowest BCUT2D eigenvalue weighted by atomic mass is 10.0. The highest BCUT2D eigenvalue weighted by atomic mass is 16.5. The van der Waals surface area contributed by atoms with Gasteiger partial charge in [0.15, 0.2) is 0 Å². The number of hydrogen-bond acceptors (Lipinski definition) is 3. The van der Waals surface area contributed by atoms with E-state index in [2.05, 4.69) is 25.7 Å². The number of fused-ring (bicyclic) bond motifs is 1. The fourth-order valence-electron chi connectivity index (χ4n) is 2.58. The largest absolute Gasteiger partial charge is 0.486 e. The van der Waals surface area contributed by atoms with Gasteiger partial charge in [0.05, 0.1) is 12.2 Å². The van der Waals surface area contributed by atoms with Crippen molar-refractivity contribution in [2.24, 2.45) is 5.92 Å². The minimum absolute atomic E-state index is 0.260. The Morgan fingerprint density at radius 1 is 1.37 bits per heavy atom. The molecule has 0 spiro atoms. The molecule has 1 atom stereocenters. The number of anilines is 2. The van der Waals surface area contributed by atoms with Gasteiger partial charge in [-0.2, -0.15) is 0 Å². The van der Waals surface area contributed by atoms with Gasteiger partial charge in [0.1, 0.15) is 17.5 Å². The van der Waals surface area contributed by atoms with E-state index in [1.54, 1.807) is 0 Å². The summed E-state index contributed by atoms with van der Waals surface area (Å²) in [6.45, 7) is 8.68. The molecule has 0 saturated heterocycles. The molecule has 1 aromatic carbocycles. The maximum absolute atomic E-state index is 6.14. The third-order valence-electron chi connectivity index (χ3n) is 3.80. The summed E-state index contributed by atoms with van der Waals surface area (Å²) < 4.78 is 6.09. The SMILES string of the molecule is CCCCCN1CC(C(C)C)Oc2cccc(N)c21. The molecule has 1 aliphatic rings. The summed E-state index contributed by atoms with van der Waals surface area (Å²) in [4.78, 5) is 2.41. The van der Waals surface area contributed by atoms with Gasteiger partial charge in [-0.15, -0.1) is 0 Å². The van der Waals surface area contributed by atoms with Crippen molar-refractivity contribution < 1.29 is 4.74 Å². The topological polar surface area (TPSA) is 38.5 Å². The Labute approximate surface area is 116 Å². The third-order valence-corrected chi connectivity index (χ3v) is 3.80. The second-order valence-corrected chi connectivity index (χ2v) is 5.75. The summed E-state index contributed by atoms with van der Waals surface area (Å²) >= 11 is 0. The van der Waals surface area contributed by atoms with E-state index in [0.29, 0.717) is 5.92 Å². The fraction of sp³-hybridized carbons (Fsp3) is 0.625. The fourth-order valence-corrected chi connectivity index (χ4v) is 2.58. The molecule has 1 aliphatic heterocycles. The third kappa shape index (κ3) is 3.14. The highest BCUT2D eigenvalue weighted by Gasteiger charge is 2.28. The van der Waals surface area contributed by atoms with E-state index in [0.717, 1.165) is 30.2 Å². The van der Waals surface area contributed by atoms with Crippen LogP contribution in [0.5, 0.6) is 5.75 Å². The number of hydrogen-bond donors (Lipinski definition) is 1. The van der Waals surface area contributed by atoms with Crippen LogP contribution in [0.25, 0.3) is 0 Å². The number of rotatable bonds is 5. The number of ether oxygens (including phenoxy) is 1. The quantitative estimate of drug-likeness (QED) is 0.650. The van der Waals surface area contributed by atoms with E-state index in [9.17, 15) is 0 Å². The van der Waals surface area contributed by atoms with Crippen LogP contribution in [0, 0.1) is 5.92 Å². The Hall–Kier alpha value is -1.38. The van der Waals surface area contributed by atoms with Crippen molar-refractivity contribution in [2.45, 2.75) is 46.1 Å². The molecule has 1 unspecified atom stereocenters. The molecule has 0 saturated carbocycles. The number of benzene rings is 1. The van der Waals surface area contributed by atoms with Gasteiger partial charge in [-0.05, 0) is 24.5 Å². The average molecular weight is 262 g/mol. The molecule has 0 fully saturated rings. The van der Waals surface area contributed by atoms with Crippen LogP contribution in [0.4, 0.5) is 11.4 Å². The standard InChI is InChI=1S/C16H26N2O/c1-4-5-6-10-18-11-15(12(2)3)19-14-9-7-8-13(17)16(14)18/h7-9,12,15H,4-6,10-11,17H2,1-3H3. The number of nitrogen functional groups attached to an aromatic ring is 1. The molecule has 2 rings (SSSR count). The van der Waals surface area contributed by atoms with Crippen molar-refractivity contribution in [1.29, 1.82) is 0 Å². The van der Waals surface area contributed by atoms with E-state index in [4.69, 9.17) is 10.5 Å². The lowest BCUT2D eigenvalue weighted by Gasteiger charge is -2.38. The predicted octanol–water partition coefficient (Wildman–Crippen LogP) is 3.68. The Balaban J connectivity index is 2.21. The molecule has 1 aromatic rings. The van der Waals surface area contributed by atoms with Crippen LogP contribution in [0.15, 0.2) is 18.2 Å². The van der Waals surface area contributed by atoms with Crippen molar-refractivity contribution in [2.75, 3.05) is 23.7 Å². The predicted molar refractivity (Wildman–Crippen MR) is 81.8 cm³/mol. The summed E-state index contributed by atoms with van der Waals surface area (Å²) in [6.07, 6.45) is 3.99. The Morgan fingerprint density at radius 3 is 2.84 bits per heavy atom. The zero-order valence-electron chi connectivity index (χ0n) is 12.4. The molecule has 0 aromatic heterocycles. The van der Waals surface area contributed by atoms with Gasteiger partial charge >= 0.3 is 0 Å². The Morgan fingerprint density at radius 2 is 2.16 bits per heavy atom. The summed E-state index contributed by atoms with van der Waals surface area (Å²) in [6, 6.07) is 5.97. The van der Waals surface area contributed by atoms with Crippen molar-refractivity contribution in [3.05, 3.63) is 18.2 Å². The van der Waals surface area contributed by atoms with Crippen LogP contribution in [0.1, 0.15) is 40.0 Å². The van der Waals surface area contributed by atoms with Gasteiger partial charge < -0.3 is 15.4 Å². The van der Waals surface area contributed by atoms with Gasteiger partial charge in [0.25, 0.3) is 0 Å². The van der Waals surface area contributed by atoms with Crippen LogP contribution in [0.2, 0.25) is 0 Å². The number of unbranched alkanes of at least 4 members (excludes halogenated alkanes) is 2. The lowest BCUT2D eigenvalue weighted by molar-refractivity contribution is 0.145. The van der Waals surface area contributed by atoms with Gasteiger partial charge in [-0.1, -0.05) is 39.7 Å². The van der Waals surface area contributed by atoms with Gasteiger partial charge in [-0.3, -0.25) is 0 Å². The molecule has 0 radical (unpaired) electrons. The monoisotopic (exact) mass is 262 g/mol. The molecule has 1 heterocycles. The highest BCUT2D eigenvalue weighted by Crippen LogP contribution is 2.39. The van der Waals surface area contributed by atoms with Gasteiger partial charge in [0, 0.05) is 6.54 Å². The average Bonchev–Trinajstić information content (AvgIpc) is 2.38. The molecular formula is C16H26N2O. The number of nitrogens with zero attached hydrogens (tertiary/aromatic N) is 1. The van der Waals surface area contributed by atoms with Crippen molar-refractivity contribution >= 4 is 11.4 Å². The molecule has 0 amide bonds. The number of para-hydroxylation sites is 1. The van der Waals surface area contributed by atoms with Gasteiger partial charge in [-0.25, -0.2) is 0 Å². The molecule has 0 aliphatic carbocycles. The maximum Gasteiger partial charge on any atom is 0.145 e. The second kappa shape index (κ2) is 6.18. The minimum atomic E-state index is 0.260. The molecule has 19 heavy (non-hydrogen) atoms. The maximum atomic E-state index is 6.14. The summed E-state index contributed by atoms with van der Waals surface area (Å²) in [5.74, 6) is 1.46. The van der Waals surface area contributed by atoms with Crippen LogP contribution in [0.3, 0.4) is 0 Å². The molecule has 0 bridgehead atoms. The molecule has 106 valence electrons. The first-order chi connectivity index (χ1) is 9.13. The number of nitrogens with two attached hydrogens (primary N) is 1. The first-order valence-electron chi connectivity index (χ1n) is 7.43.